The lowest BCUT2D eigenvalue weighted by molar-refractivity contribution is 0.0954. The maximum absolute atomic E-state index is 12.0. The van der Waals surface area contributed by atoms with Crippen molar-refractivity contribution < 1.29 is 4.79 Å². The molecule has 4 nitrogen and oxygen atoms in total. The molecule has 0 bridgehead atoms. The summed E-state index contributed by atoms with van der Waals surface area (Å²) in [6.07, 6.45) is 2.42. The summed E-state index contributed by atoms with van der Waals surface area (Å²) in [6.45, 7) is 3.35. The minimum Gasteiger partial charge on any atom is -0.370 e. The van der Waals surface area contributed by atoms with Gasteiger partial charge in [-0.1, -0.05) is 11.6 Å². The van der Waals surface area contributed by atoms with Gasteiger partial charge in [0.05, 0.1) is 4.34 Å². The van der Waals surface area contributed by atoms with Gasteiger partial charge in [-0.3, -0.25) is 4.79 Å². The van der Waals surface area contributed by atoms with E-state index >= 15 is 0 Å². The maximum atomic E-state index is 12.0. The number of carbonyl (C=O) groups is 1. The highest BCUT2D eigenvalue weighted by Crippen LogP contribution is 2.21. The molecular weight excluding hydrogens is 294 g/mol. The summed E-state index contributed by atoms with van der Waals surface area (Å²) >= 11 is 7.40. The molecule has 2 aromatic heterocycles. The van der Waals surface area contributed by atoms with Gasteiger partial charge in [0.2, 0.25) is 0 Å². The Bertz CT molecular complexity index is 585. The van der Waals surface area contributed by atoms with Gasteiger partial charge in [-0.2, -0.15) is 0 Å². The maximum Gasteiger partial charge on any atom is 0.251 e. The van der Waals surface area contributed by atoms with Crippen molar-refractivity contribution in [2.24, 2.45) is 0 Å². The molecule has 2 rings (SSSR count). The minimum absolute atomic E-state index is 0.0887. The second kappa shape index (κ2) is 7.26. The summed E-state index contributed by atoms with van der Waals surface area (Å²) in [5.74, 6) is 0.624. The van der Waals surface area contributed by atoms with E-state index < -0.39 is 0 Å². The van der Waals surface area contributed by atoms with Crippen LogP contribution in [-0.2, 0) is 6.42 Å². The lowest BCUT2D eigenvalue weighted by Crippen LogP contribution is -2.25. The van der Waals surface area contributed by atoms with E-state index in [0.29, 0.717) is 17.9 Å². The summed E-state index contributed by atoms with van der Waals surface area (Å²) in [7, 11) is 0. The Morgan fingerprint density at radius 2 is 2.25 bits per heavy atom. The molecule has 0 aromatic carbocycles. The van der Waals surface area contributed by atoms with E-state index in [-0.39, 0.29) is 5.91 Å². The molecule has 0 radical (unpaired) electrons. The van der Waals surface area contributed by atoms with Crippen LogP contribution in [0.2, 0.25) is 4.34 Å². The molecule has 2 aromatic rings. The number of carbonyl (C=O) groups excluding carboxylic acids is 1. The zero-order chi connectivity index (χ0) is 14.4. The SMILES string of the molecule is CCNc1cc(C(=O)NCCc2ccc(Cl)s2)ccn1. The first-order valence-corrected chi connectivity index (χ1v) is 7.61. The van der Waals surface area contributed by atoms with Crippen LogP contribution in [-0.4, -0.2) is 24.0 Å². The molecule has 0 saturated carbocycles. The van der Waals surface area contributed by atoms with E-state index in [4.69, 9.17) is 11.6 Å². The summed E-state index contributed by atoms with van der Waals surface area (Å²) in [4.78, 5) is 17.3. The lowest BCUT2D eigenvalue weighted by Gasteiger charge is -2.06. The number of nitrogens with zero attached hydrogens (tertiary/aromatic N) is 1. The van der Waals surface area contributed by atoms with Crippen molar-refractivity contribution >= 4 is 34.7 Å². The molecule has 0 fully saturated rings. The van der Waals surface area contributed by atoms with Crippen LogP contribution in [0, 0.1) is 0 Å². The van der Waals surface area contributed by atoms with Gasteiger partial charge in [-0.15, -0.1) is 11.3 Å². The number of hydrogen-bond donors (Lipinski definition) is 2. The van der Waals surface area contributed by atoms with Crippen LogP contribution in [0.5, 0.6) is 0 Å². The highest BCUT2D eigenvalue weighted by molar-refractivity contribution is 7.16. The third-order valence-electron chi connectivity index (χ3n) is 2.67. The highest BCUT2D eigenvalue weighted by Gasteiger charge is 2.06. The zero-order valence-corrected chi connectivity index (χ0v) is 12.7. The van der Waals surface area contributed by atoms with Gasteiger partial charge >= 0.3 is 0 Å². The van der Waals surface area contributed by atoms with E-state index in [1.165, 1.54) is 16.2 Å². The third-order valence-corrected chi connectivity index (χ3v) is 3.96. The predicted octanol–water partition coefficient (Wildman–Crippen LogP) is 3.20. The van der Waals surface area contributed by atoms with Crippen LogP contribution in [0.4, 0.5) is 5.82 Å². The van der Waals surface area contributed by atoms with Crippen molar-refractivity contribution in [3.05, 3.63) is 45.2 Å². The fourth-order valence-corrected chi connectivity index (χ4v) is 2.82. The Kier molecular flexibility index (Phi) is 5.38. The molecule has 0 spiro atoms. The monoisotopic (exact) mass is 309 g/mol. The fraction of sp³-hybridized carbons (Fsp3) is 0.286. The van der Waals surface area contributed by atoms with Gasteiger partial charge in [-0.05, 0) is 37.6 Å². The van der Waals surface area contributed by atoms with Crippen LogP contribution in [0.15, 0.2) is 30.5 Å². The van der Waals surface area contributed by atoms with Crippen molar-refractivity contribution in [1.29, 1.82) is 0 Å². The minimum atomic E-state index is -0.0887. The van der Waals surface area contributed by atoms with E-state index in [2.05, 4.69) is 15.6 Å². The summed E-state index contributed by atoms with van der Waals surface area (Å²) in [5.41, 5.74) is 0.611. The van der Waals surface area contributed by atoms with E-state index in [9.17, 15) is 4.79 Å². The number of hydrogen-bond acceptors (Lipinski definition) is 4. The fourth-order valence-electron chi connectivity index (χ4n) is 1.74. The lowest BCUT2D eigenvalue weighted by atomic mass is 10.2. The third kappa shape index (κ3) is 4.21. The largest absolute Gasteiger partial charge is 0.370 e. The Labute approximate surface area is 127 Å². The van der Waals surface area contributed by atoms with Crippen molar-refractivity contribution in [1.82, 2.24) is 10.3 Å². The standard InChI is InChI=1S/C14H16ClN3OS/c1-2-16-13-9-10(5-7-17-13)14(19)18-8-6-11-3-4-12(15)20-11/h3-5,7,9H,2,6,8H2,1H3,(H,16,17)(H,18,19). The number of nitrogens with one attached hydrogen (secondary N) is 2. The van der Waals surface area contributed by atoms with Crippen LogP contribution >= 0.6 is 22.9 Å². The van der Waals surface area contributed by atoms with Crippen LogP contribution in [0.1, 0.15) is 22.2 Å². The Morgan fingerprint density at radius 3 is 2.95 bits per heavy atom. The second-order valence-electron chi connectivity index (χ2n) is 4.17. The van der Waals surface area contributed by atoms with E-state index in [0.717, 1.165) is 17.3 Å². The molecular formula is C14H16ClN3OS. The second-order valence-corrected chi connectivity index (χ2v) is 5.97. The number of pyridine rings is 1. The Morgan fingerprint density at radius 1 is 1.40 bits per heavy atom. The van der Waals surface area contributed by atoms with Gasteiger partial charge in [0.1, 0.15) is 5.82 Å². The molecule has 6 heteroatoms. The number of thiophene rings is 1. The molecule has 106 valence electrons. The topological polar surface area (TPSA) is 54.0 Å². The van der Waals surface area contributed by atoms with Crippen LogP contribution < -0.4 is 10.6 Å². The van der Waals surface area contributed by atoms with Gasteiger partial charge in [-0.25, -0.2) is 4.98 Å². The molecule has 2 heterocycles. The van der Waals surface area contributed by atoms with Crippen LogP contribution in [0.25, 0.3) is 0 Å². The molecule has 0 aliphatic heterocycles. The first-order valence-electron chi connectivity index (χ1n) is 6.41. The average Bonchev–Trinajstić information content (AvgIpc) is 2.85. The van der Waals surface area contributed by atoms with Gasteiger partial charge < -0.3 is 10.6 Å². The first-order chi connectivity index (χ1) is 9.69. The molecule has 0 aliphatic rings. The number of rotatable bonds is 6. The number of amides is 1. The quantitative estimate of drug-likeness (QED) is 0.861. The average molecular weight is 310 g/mol. The number of halogens is 1. The van der Waals surface area contributed by atoms with Gasteiger partial charge in [0, 0.05) is 29.7 Å². The normalized spacial score (nSPS) is 10.3. The van der Waals surface area contributed by atoms with Crippen molar-refractivity contribution in [2.75, 3.05) is 18.4 Å². The predicted molar refractivity (Wildman–Crippen MR) is 83.8 cm³/mol. The molecule has 1 amide bonds. The molecule has 0 unspecified atom stereocenters. The molecule has 2 N–H and O–H groups in total. The van der Waals surface area contributed by atoms with Gasteiger partial charge in [0.15, 0.2) is 0 Å². The summed E-state index contributed by atoms with van der Waals surface area (Å²) in [6, 6.07) is 7.31. The molecule has 0 aliphatic carbocycles. The number of anilines is 1. The van der Waals surface area contributed by atoms with E-state index in [1.54, 1.807) is 18.3 Å². The molecule has 0 atom stereocenters. The van der Waals surface area contributed by atoms with Crippen molar-refractivity contribution in [2.45, 2.75) is 13.3 Å². The summed E-state index contributed by atoms with van der Waals surface area (Å²) in [5, 5.41) is 5.98. The Hall–Kier alpha value is -1.59. The molecule has 0 saturated heterocycles. The van der Waals surface area contributed by atoms with Crippen molar-refractivity contribution in [3.8, 4) is 0 Å². The number of aromatic nitrogens is 1. The first kappa shape index (κ1) is 14.8. The van der Waals surface area contributed by atoms with Crippen molar-refractivity contribution in [3.63, 3.8) is 0 Å². The smallest absolute Gasteiger partial charge is 0.251 e. The Balaban J connectivity index is 1.86. The highest BCUT2D eigenvalue weighted by atomic mass is 35.5. The zero-order valence-electron chi connectivity index (χ0n) is 11.1. The summed E-state index contributed by atoms with van der Waals surface area (Å²) < 4.78 is 0.774. The van der Waals surface area contributed by atoms with E-state index in [1.807, 2.05) is 19.1 Å². The van der Waals surface area contributed by atoms with Crippen LogP contribution in [0.3, 0.4) is 0 Å². The van der Waals surface area contributed by atoms with Gasteiger partial charge in [0.25, 0.3) is 5.91 Å². The molecule has 20 heavy (non-hydrogen) atoms.